The van der Waals surface area contributed by atoms with Gasteiger partial charge in [0.2, 0.25) is 0 Å². The molecule has 0 saturated heterocycles. The van der Waals surface area contributed by atoms with Gasteiger partial charge in [-0.2, -0.15) is 5.10 Å². The van der Waals surface area contributed by atoms with E-state index in [-0.39, 0.29) is 5.91 Å². The summed E-state index contributed by atoms with van der Waals surface area (Å²) in [6.45, 7) is -0.455. The lowest BCUT2D eigenvalue weighted by Crippen LogP contribution is -2.17. The Morgan fingerprint density at radius 3 is 2.54 bits per heavy atom. The smallest absolute Gasteiger partial charge is 0.341 e. The number of rotatable bonds is 7. The van der Waals surface area contributed by atoms with Gasteiger partial charge in [-0.15, -0.1) is 0 Å². The molecule has 7 nitrogen and oxygen atoms in total. The molecule has 0 unspecified atom stereocenters. The van der Waals surface area contributed by atoms with Crippen LogP contribution < -0.4 is 14.9 Å². The topological polar surface area (TPSA) is 97.2 Å². The minimum absolute atomic E-state index is 0.363. The maximum Gasteiger partial charge on any atom is 0.341 e. The lowest BCUT2D eigenvalue weighted by atomic mass is 10.2. The summed E-state index contributed by atoms with van der Waals surface area (Å²) in [5.41, 5.74) is 3.38. The fourth-order valence-corrected chi connectivity index (χ4v) is 1.83. The Morgan fingerprint density at radius 1 is 1.17 bits per heavy atom. The van der Waals surface area contributed by atoms with E-state index in [2.05, 4.69) is 10.5 Å². The third kappa shape index (κ3) is 4.84. The molecule has 2 aromatic rings. The second-order valence-corrected chi connectivity index (χ2v) is 4.65. The molecule has 7 heteroatoms. The van der Waals surface area contributed by atoms with Crippen molar-refractivity contribution >= 4 is 18.1 Å². The van der Waals surface area contributed by atoms with Gasteiger partial charge >= 0.3 is 5.97 Å². The molecule has 0 atom stereocenters. The van der Waals surface area contributed by atoms with Gasteiger partial charge in [-0.1, -0.05) is 12.1 Å². The zero-order chi connectivity index (χ0) is 17.4. The van der Waals surface area contributed by atoms with Gasteiger partial charge in [-0.25, -0.2) is 10.2 Å². The van der Waals surface area contributed by atoms with Crippen LogP contribution in [0.25, 0.3) is 0 Å². The Labute approximate surface area is 138 Å². The molecule has 0 spiro atoms. The zero-order valence-electron chi connectivity index (χ0n) is 12.9. The highest BCUT2D eigenvalue weighted by Gasteiger charge is 2.05. The summed E-state index contributed by atoms with van der Waals surface area (Å²) in [5, 5.41) is 12.5. The monoisotopic (exact) mass is 328 g/mol. The van der Waals surface area contributed by atoms with Crippen LogP contribution >= 0.6 is 0 Å². The Balaban J connectivity index is 2.00. The predicted octanol–water partition coefficient (Wildman–Crippen LogP) is 1.92. The van der Waals surface area contributed by atoms with E-state index in [0.717, 1.165) is 0 Å². The molecular formula is C17H16N2O5. The number of carbonyl (C=O) groups excluding carboxylic acids is 1. The van der Waals surface area contributed by atoms with Gasteiger partial charge in [0.1, 0.15) is 11.5 Å². The first-order valence-electron chi connectivity index (χ1n) is 7.01. The third-order valence-electron chi connectivity index (χ3n) is 2.99. The Morgan fingerprint density at radius 2 is 1.88 bits per heavy atom. The first kappa shape index (κ1) is 17.0. The second-order valence-electron chi connectivity index (χ2n) is 4.65. The lowest BCUT2D eigenvalue weighted by Gasteiger charge is -2.06. The van der Waals surface area contributed by atoms with Crippen LogP contribution in [-0.4, -0.2) is 36.9 Å². The number of para-hydroxylation sites is 1. The number of amides is 1. The van der Waals surface area contributed by atoms with Gasteiger partial charge in [0, 0.05) is 11.1 Å². The summed E-state index contributed by atoms with van der Waals surface area (Å²) >= 11 is 0. The quantitative estimate of drug-likeness (QED) is 0.598. The van der Waals surface area contributed by atoms with Crippen LogP contribution in [0, 0.1) is 0 Å². The average Bonchev–Trinajstić information content (AvgIpc) is 2.60. The summed E-state index contributed by atoms with van der Waals surface area (Å²) in [4.78, 5) is 22.5. The van der Waals surface area contributed by atoms with Crippen LogP contribution in [0.2, 0.25) is 0 Å². The van der Waals surface area contributed by atoms with Crippen molar-refractivity contribution < 1.29 is 24.2 Å². The molecule has 0 saturated carbocycles. The van der Waals surface area contributed by atoms with Crippen molar-refractivity contribution in [1.29, 1.82) is 0 Å². The van der Waals surface area contributed by atoms with Crippen molar-refractivity contribution in [2.45, 2.75) is 0 Å². The van der Waals surface area contributed by atoms with Crippen LogP contribution in [0.4, 0.5) is 0 Å². The van der Waals surface area contributed by atoms with Crippen LogP contribution in [0.15, 0.2) is 53.6 Å². The van der Waals surface area contributed by atoms with E-state index in [4.69, 9.17) is 14.6 Å². The normalized spacial score (nSPS) is 10.4. The Hall–Kier alpha value is -3.35. The van der Waals surface area contributed by atoms with E-state index in [1.54, 1.807) is 55.6 Å². The molecule has 24 heavy (non-hydrogen) atoms. The number of aliphatic carboxylic acids is 1. The molecule has 0 aromatic heterocycles. The third-order valence-corrected chi connectivity index (χ3v) is 2.99. The van der Waals surface area contributed by atoms with Crippen LogP contribution in [0.1, 0.15) is 15.9 Å². The molecule has 0 bridgehead atoms. The van der Waals surface area contributed by atoms with Gasteiger partial charge in [0.05, 0.1) is 13.3 Å². The number of methoxy groups -OCH3 is 1. The SMILES string of the molecule is COc1ccc(C(=O)N/N=C\c2ccccc2OCC(=O)O)cc1. The van der Waals surface area contributed by atoms with Gasteiger partial charge in [0.15, 0.2) is 6.61 Å². The predicted molar refractivity (Wildman–Crippen MR) is 87.6 cm³/mol. The molecule has 0 fully saturated rings. The van der Waals surface area contributed by atoms with Crippen molar-refractivity contribution in [2.24, 2.45) is 5.10 Å². The molecule has 0 aliphatic heterocycles. The zero-order valence-corrected chi connectivity index (χ0v) is 12.9. The fourth-order valence-electron chi connectivity index (χ4n) is 1.83. The number of nitrogens with zero attached hydrogens (tertiary/aromatic N) is 1. The molecule has 0 aliphatic carbocycles. The van der Waals surface area contributed by atoms with E-state index in [9.17, 15) is 9.59 Å². The maximum atomic E-state index is 12.0. The first-order valence-corrected chi connectivity index (χ1v) is 7.01. The number of hydrogen-bond acceptors (Lipinski definition) is 5. The van der Waals surface area contributed by atoms with Crippen molar-refractivity contribution in [1.82, 2.24) is 5.43 Å². The number of carboxylic acids is 1. The van der Waals surface area contributed by atoms with Crippen LogP contribution in [-0.2, 0) is 4.79 Å². The van der Waals surface area contributed by atoms with Crippen LogP contribution in [0.5, 0.6) is 11.5 Å². The van der Waals surface area contributed by atoms with E-state index in [1.807, 2.05) is 0 Å². The minimum Gasteiger partial charge on any atom is -0.497 e. The molecule has 2 rings (SSSR count). The summed E-state index contributed by atoms with van der Waals surface area (Å²) in [5.74, 6) is -0.436. The van der Waals surface area contributed by atoms with Crippen molar-refractivity contribution in [3.8, 4) is 11.5 Å². The molecule has 2 N–H and O–H groups in total. The first-order chi connectivity index (χ1) is 11.6. The van der Waals surface area contributed by atoms with E-state index in [1.165, 1.54) is 6.21 Å². The summed E-state index contributed by atoms with van der Waals surface area (Å²) < 4.78 is 10.2. The molecule has 0 radical (unpaired) electrons. The molecule has 1 amide bonds. The summed E-state index contributed by atoms with van der Waals surface area (Å²) in [7, 11) is 1.54. The number of nitrogens with one attached hydrogen (secondary N) is 1. The second kappa shape index (κ2) is 8.33. The van der Waals surface area contributed by atoms with E-state index >= 15 is 0 Å². The largest absolute Gasteiger partial charge is 0.497 e. The number of benzene rings is 2. The van der Waals surface area contributed by atoms with Crippen molar-refractivity contribution in [2.75, 3.05) is 13.7 Å². The highest BCUT2D eigenvalue weighted by molar-refractivity contribution is 5.95. The van der Waals surface area contributed by atoms with E-state index in [0.29, 0.717) is 22.6 Å². The standard InChI is InChI=1S/C17H16N2O5/c1-23-14-8-6-12(7-9-14)17(22)19-18-10-13-4-2-3-5-15(13)24-11-16(20)21/h2-10H,11H2,1H3,(H,19,22)(H,20,21)/b18-10-. The van der Waals surface area contributed by atoms with Gasteiger partial charge in [-0.05, 0) is 36.4 Å². The van der Waals surface area contributed by atoms with Gasteiger partial charge in [0.25, 0.3) is 5.91 Å². The van der Waals surface area contributed by atoms with E-state index < -0.39 is 12.6 Å². The Bertz CT molecular complexity index is 741. The maximum absolute atomic E-state index is 12.0. The van der Waals surface area contributed by atoms with Crippen LogP contribution in [0.3, 0.4) is 0 Å². The van der Waals surface area contributed by atoms with Crippen molar-refractivity contribution in [3.05, 3.63) is 59.7 Å². The lowest BCUT2D eigenvalue weighted by molar-refractivity contribution is -0.139. The number of carbonyl (C=O) groups is 2. The Kier molecular flexibility index (Phi) is 5.90. The molecule has 0 aliphatic rings. The van der Waals surface area contributed by atoms with Crippen molar-refractivity contribution in [3.63, 3.8) is 0 Å². The fraction of sp³-hybridized carbons (Fsp3) is 0.118. The number of hydrazone groups is 1. The number of hydrogen-bond donors (Lipinski definition) is 2. The molecule has 0 heterocycles. The highest BCUT2D eigenvalue weighted by Crippen LogP contribution is 2.15. The molecule has 2 aromatic carbocycles. The number of ether oxygens (including phenoxy) is 2. The van der Waals surface area contributed by atoms with Gasteiger partial charge < -0.3 is 14.6 Å². The summed E-state index contributed by atoms with van der Waals surface area (Å²) in [6, 6.07) is 13.4. The number of carboxylic acid groups (broad SMARTS) is 1. The molecular weight excluding hydrogens is 312 g/mol. The average molecular weight is 328 g/mol. The summed E-state index contributed by atoms with van der Waals surface area (Å²) in [6.07, 6.45) is 1.39. The molecule has 124 valence electrons. The van der Waals surface area contributed by atoms with Gasteiger partial charge in [-0.3, -0.25) is 4.79 Å². The minimum atomic E-state index is -1.07. The highest BCUT2D eigenvalue weighted by atomic mass is 16.5.